The van der Waals surface area contributed by atoms with Crippen LogP contribution in [-0.4, -0.2) is 29.3 Å². The Balaban J connectivity index is 1.69. The van der Waals surface area contributed by atoms with Gasteiger partial charge in [-0.05, 0) is 41.6 Å². The van der Waals surface area contributed by atoms with Crippen LogP contribution in [0.2, 0.25) is 0 Å². The Morgan fingerprint density at radius 2 is 2.00 bits per heavy atom. The molecule has 6 nitrogen and oxygen atoms in total. The van der Waals surface area contributed by atoms with Crippen LogP contribution in [0.4, 0.5) is 0 Å². The van der Waals surface area contributed by atoms with Gasteiger partial charge in [0.2, 0.25) is 5.91 Å². The van der Waals surface area contributed by atoms with E-state index >= 15 is 0 Å². The summed E-state index contributed by atoms with van der Waals surface area (Å²) in [7, 11) is 0. The van der Waals surface area contributed by atoms with E-state index in [-0.39, 0.29) is 5.91 Å². The fraction of sp³-hybridized carbons (Fsp3) is 0.208. The number of nitrogens with zero attached hydrogens (tertiary/aromatic N) is 3. The van der Waals surface area contributed by atoms with Crippen molar-refractivity contribution in [2.75, 3.05) is 13.1 Å². The molecule has 0 fully saturated rings. The summed E-state index contributed by atoms with van der Waals surface area (Å²) in [5.41, 5.74) is 1.90. The first-order valence-electron chi connectivity index (χ1n) is 9.99. The molecule has 2 N–H and O–H groups in total. The van der Waals surface area contributed by atoms with Crippen LogP contribution in [0.3, 0.4) is 0 Å². The molecular weight excluding hydrogens is 374 g/mol. The first-order valence-corrected chi connectivity index (χ1v) is 9.99. The van der Waals surface area contributed by atoms with E-state index in [1.165, 1.54) is 0 Å². The van der Waals surface area contributed by atoms with Gasteiger partial charge in [-0.25, -0.2) is 0 Å². The molecular formula is C24H21N5O. The van der Waals surface area contributed by atoms with E-state index in [9.17, 15) is 10.1 Å². The number of aliphatic imine (C=N–C) groups is 1. The highest BCUT2D eigenvalue weighted by Crippen LogP contribution is 2.46. The number of nitriles is 1. The van der Waals surface area contributed by atoms with Gasteiger partial charge in [0.1, 0.15) is 11.0 Å². The molecule has 1 aliphatic carbocycles. The van der Waals surface area contributed by atoms with Crippen molar-refractivity contribution in [2.24, 2.45) is 10.4 Å². The minimum absolute atomic E-state index is 0.0622. The smallest absolute Gasteiger partial charge is 0.226 e. The standard InChI is InChI=1S/C24H21N5O/c25-16-23(10-12-26-17-23)24(9-6-20-21(14-24)28-22(30)7-11-27-20)29-13-8-19(15-29)18-4-2-1-3-5-18/h1-6,8-10,12-15,26H,7,11,17H2,(H,28,30). The quantitative estimate of drug-likeness (QED) is 0.838. The second kappa shape index (κ2) is 6.89. The summed E-state index contributed by atoms with van der Waals surface area (Å²) in [6.45, 7) is 0.930. The number of rotatable bonds is 3. The third kappa shape index (κ3) is 2.71. The van der Waals surface area contributed by atoms with Gasteiger partial charge in [-0.3, -0.25) is 9.79 Å². The molecule has 6 heteroatoms. The third-order valence-corrected chi connectivity index (χ3v) is 6.04. The molecule has 0 bridgehead atoms. The van der Waals surface area contributed by atoms with E-state index in [0.29, 0.717) is 25.2 Å². The Morgan fingerprint density at radius 1 is 1.13 bits per heavy atom. The van der Waals surface area contributed by atoms with Gasteiger partial charge in [0.15, 0.2) is 0 Å². The van der Waals surface area contributed by atoms with Gasteiger partial charge in [-0.2, -0.15) is 5.26 Å². The first kappa shape index (κ1) is 18.2. The van der Waals surface area contributed by atoms with Crippen LogP contribution >= 0.6 is 0 Å². The van der Waals surface area contributed by atoms with E-state index in [2.05, 4.69) is 50.7 Å². The summed E-state index contributed by atoms with van der Waals surface area (Å²) in [6.07, 6.45) is 14.1. The van der Waals surface area contributed by atoms with Crippen LogP contribution in [0.25, 0.3) is 11.1 Å². The maximum absolute atomic E-state index is 12.2. The highest BCUT2D eigenvalue weighted by Gasteiger charge is 2.52. The zero-order valence-electron chi connectivity index (χ0n) is 16.4. The minimum atomic E-state index is -0.855. The van der Waals surface area contributed by atoms with Crippen molar-refractivity contribution in [2.45, 2.75) is 12.0 Å². The zero-order chi connectivity index (χ0) is 20.6. The molecule has 30 heavy (non-hydrogen) atoms. The number of benzene rings is 1. The Bertz CT molecular complexity index is 1160. The largest absolute Gasteiger partial charge is 0.389 e. The molecule has 1 aromatic carbocycles. The summed E-state index contributed by atoms with van der Waals surface area (Å²) in [5, 5.41) is 16.5. The summed E-state index contributed by atoms with van der Waals surface area (Å²) in [4.78, 5) is 16.7. The van der Waals surface area contributed by atoms with Gasteiger partial charge in [0.05, 0.1) is 17.5 Å². The second-order valence-electron chi connectivity index (χ2n) is 7.75. The van der Waals surface area contributed by atoms with Gasteiger partial charge in [-0.1, -0.05) is 36.4 Å². The number of hydrogen-bond acceptors (Lipinski definition) is 4. The fourth-order valence-corrected chi connectivity index (χ4v) is 4.38. The van der Waals surface area contributed by atoms with Crippen LogP contribution in [0.1, 0.15) is 6.42 Å². The molecule has 1 aromatic heterocycles. The van der Waals surface area contributed by atoms with Gasteiger partial charge in [0.25, 0.3) is 0 Å². The van der Waals surface area contributed by atoms with Crippen molar-refractivity contribution in [3.8, 4) is 17.2 Å². The SMILES string of the molecule is N#CC1(C2(n3ccc(-c4ccccc4)c3)C=CC3=NCCC(=O)NC3=C2)C=CNC1. The molecule has 148 valence electrons. The molecule has 0 saturated carbocycles. The van der Waals surface area contributed by atoms with Crippen molar-refractivity contribution in [1.82, 2.24) is 15.2 Å². The number of hydrogen-bond donors (Lipinski definition) is 2. The molecule has 5 rings (SSSR count). The van der Waals surface area contributed by atoms with Crippen LogP contribution in [0.15, 0.2) is 90.0 Å². The molecule has 0 radical (unpaired) electrons. The van der Waals surface area contributed by atoms with Gasteiger partial charge < -0.3 is 15.2 Å². The molecule has 2 aliphatic heterocycles. The summed E-state index contributed by atoms with van der Waals surface area (Å²) in [5.74, 6) is -0.0622. The average molecular weight is 395 g/mol. The fourth-order valence-electron chi connectivity index (χ4n) is 4.38. The number of carbonyl (C=O) groups excluding carboxylic acids is 1. The van der Waals surface area contributed by atoms with Crippen LogP contribution in [0, 0.1) is 16.7 Å². The monoisotopic (exact) mass is 395 g/mol. The van der Waals surface area contributed by atoms with Gasteiger partial charge in [-0.15, -0.1) is 0 Å². The Morgan fingerprint density at radius 3 is 2.77 bits per heavy atom. The first-order chi connectivity index (χ1) is 14.7. The normalized spacial score (nSPS) is 27.2. The molecule has 2 aromatic rings. The second-order valence-corrected chi connectivity index (χ2v) is 7.75. The van der Waals surface area contributed by atoms with E-state index in [1.54, 1.807) is 0 Å². The van der Waals surface area contributed by atoms with Crippen molar-refractivity contribution in [3.05, 3.63) is 85.0 Å². The Kier molecular flexibility index (Phi) is 4.18. The molecule has 2 atom stereocenters. The number of nitrogens with one attached hydrogen (secondary N) is 2. The Hall–Kier alpha value is -3.85. The highest BCUT2D eigenvalue weighted by atomic mass is 16.1. The lowest BCUT2D eigenvalue weighted by Crippen LogP contribution is -2.50. The highest BCUT2D eigenvalue weighted by molar-refractivity contribution is 6.12. The molecule has 2 unspecified atom stereocenters. The number of fused-ring (bicyclic) bond motifs is 1. The summed E-state index contributed by atoms with van der Waals surface area (Å²) >= 11 is 0. The van der Waals surface area contributed by atoms with Crippen molar-refractivity contribution in [1.29, 1.82) is 5.26 Å². The average Bonchev–Trinajstić information content (AvgIpc) is 3.43. The molecule has 3 aliphatic rings. The van der Waals surface area contributed by atoms with Crippen molar-refractivity contribution < 1.29 is 4.79 Å². The third-order valence-electron chi connectivity index (χ3n) is 6.04. The predicted octanol–water partition coefficient (Wildman–Crippen LogP) is 2.89. The van der Waals surface area contributed by atoms with Crippen LogP contribution in [0.5, 0.6) is 0 Å². The van der Waals surface area contributed by atoms with Crippen LogP contribution in [-0.2, 0) is 10.3 Å². The van der Waals surface area contributed by atoms with E-state index in [0.717, 1.165) is 16.8 Å². The zero-order valence-corrected chi connectivity index (χ0v) is 16.4. The van der Waals surface area contributed by atoms with Crippen molar-refractivity contribution in [3.63, 3.8) is 0 Å². The number of carbonyl (C=O) groups is 1. The van der Waals surface area contributed by atoms with E-state index < -0.39 is 11.0 Å². The molecule has 0 spiro atoms. The van der Waals surface area contributed by atoms with Crippen LogP contribution < -0.4 is 10.6 Å². The number of aromatic nitrogens is 1. The summed E-state index contributed by atoms with van der Waals surface area (Å²) < 4.78 is 2.06. The lowest BCUT2D eigenvalue weighted by atomic mass is 9.68. The molecule has 0 saturated heterocycles. The Labute approximate surface area is 174 Å². The van der Waals surface area contributed by atoms with Crippen molar-refractivity contribution >= 4 is 11.6 Å². The maximum atomic E-state index is 12.2. The molecule has 1 amide bonds. The predicted molar refractivity (Wildman–Crippen MR) is 115 cm³/mol. The summed E-state index contributed by atoms with van der Waals surface area (Å²) in [6, 6.07) is 14.7. The number of amides is 1. The van der Waals surface area contributed by atoms with Gasteiger partial charge >= 0.3 is 0 Å². The van der Waals surface area contributed by atoms with Gasteiger partial charge in [0, 0.05) is 31.9 Å². The van der Waals surface area contributed by atoms with E-state index in [1.807, 2.05) is 54.9 Å². The topological polar surface area (TPSA) is 82.2 Å². The maximum Gasteiger partial charge on any atom is 0.226 e. The lowest BCUT2D eigenvalue weighted by Gasteiger charge is -2.42. The van der Waals surface area contributed by atoms with E-state index in [4.69, 9.17) is 0 Å². The lowest BCUT2D eigenvalue weighted by molar-refractivity contribution is -0.120. The minimum Gasteiger partial charge on any atom is -0.389 e. The molecule has 3 heterocycles. The number of allylic oxidation sites excluding steroid dienone is 3.